The summed E-state index contributed by atoms with van der Waals surface area (Å²) < 4.78 is 191. The van der Waals surface area contributed by atoms with Gasteiger partial charge in [0, 0.05) is 6.54 Å². The molecule has 0 amide bonds. The molecule has 0 bridgehead atoms. The van der Waals surface area contributed by atoms with Crippen LogP contribution in [0.4, 0.5) is 57.1 Å². The standard InChI is InChI=1S/C7H3F13O3S.C3H7N/c8-1-2(9,10)3(11,12)4(13,14)5(15,16)6(17,18)7(19,20)24(21,22)23;1-2-3-4/h1H2,(H,21,22,23);2H,1,3-4H2. The lowest BCUT2D eigenvalue weighted by molar-refractivity contribution is -0.417. The lowest BCUT2D eigenvalue weighted by atomic mass is 9.95. The van der Waals surface area contributed by atoms with E-state index in [0.717, 1.165) is 0 Å². The predicted octanol–water partition coefficient (Wildman–Crippen LogP) is 3.74. The van der Waals surface area contributed by atoms with Crippen LogP contribution in [0, 0.1) is 0 Å². The maximum absolute atomic E-state index is 12.9. The van der Waals surface area contributed by atoms with E-state index in [4.69, 9.17) is 10.3 Å². The largest absolute Gasteiger partial charge is 0.438 e. The number of alkyl halides is 13. The summed E-state index contributed by atoms with van der Waals surface area (Å²) in [5, 5.41) is -7.49. The highest BCUT2D eigenvalue weighted by molar-refractivity contribution is 7.87. The molecule has 0 aliphatic rings. The van der Waals surface area contributed by atoms with Gasteiger partial charge in [0.2, 0.25) is 0 Å². The van der Waals surface area contributed by atoms with Crippen molar-refractivity contribution in [3.8, 4) is 0 Å². The molecule has 0 fully saturated rings. The van der Waals surface area contributed by atoms with Crippen molar-refractivity contribution in [1.82, 2.24) is 0 Å². The number of hydrogen-bond donors (Lipinski definition) is 2. The van der Waals surface area contributed by atoms with Crippen LogP contribution < -0.4 is 5.73 Å². The zero-order chi connectivity index (χ0) is 23.6. The van der Waals surface area contributed by atoms with E-state index in [1.807, 2.05) is 0 Å². The Morgan fingerprint density at radius 3 is 1.29 bits per heavy atom. The average molecular weight is 471 g/mol. The normalized spacial score (nSPS) is 15.0. The van der Waals surface area contributed by atoms with Crippen molar-refractivity contribution < 1.29 is 70.0 Å². The molecule has 0 aromatic carbocycles. The van der Waals surface area contributed by atoms with Gasteiger partial charge < -0.3 is 5.73 Å². The van der Waals surface area contributed by atoms with E-state index in [1.54, 1.807) is 6.08 Å². The Morgan fingerprint density at radius 2 is 1.07 bits per heavy atom. The molecule has 0 spiro atoms. The van der Waals surface area contributed by atoms with E-state index in [-0.39, 0.29) is 0 Å². The molecule has 0 saturated heterocycles. The first-order valence-corrected chi connectivity index (χ1v) is 7.52. The molecule has 0 unspecified atom stereocenters. The van der Waals surface area contributed by atoms with E-state index in [9.17, 15) is 65.5 Å². The molecule has 0 radical (unpaired) electrons. The summed E-state index contributed by atoms with van der Waals surface area (Å²) in [4.78, 5) is 0. The van der Waals surface area contributed by atoms with Crippen LogP contribution in [0.5, 0.6) is 0 Å². The summed E-state index contributed by atoms with van der Waals surface area (Å²) in [6.07, 6.45) is 1.65. The van der Waals surface area contributed by atoms with Crippen molar-refractivity contribution >= 4 is 10.1 Å². The second kappa shape index (κ2) is 8.21. The van der Waals surface area contributed by atoms with Gasteiger partial charge in [-0.05, 0) is 0 Å². The van der Waals surface area contributed by atoms with Crippen molar-refractivity contribution in [2.75, 3.05) is 13.2 Å². The van der Waals surface area contributed by atoms with Gasteiger partial charge in [-0.2, -0.15) is 61.1 Å². The van der Waals surface area contributed by atoms with Gasteiger partial charge >= 0.3 is 45.0 Å². The zero-order valence-electron chi connectivity index (χ0n) is 12.9. The molecule has 4 nitrogen and oxygen atoms in total. The summed E-state index contributed by atoms with van der Waals surface area (Å²) >= 11 is 0. The summed E-state index contributed by atoms with van der Waals surface area (Å²) in [7, 11) is -7.59. The SMILES string of the molecule is C=CCN.O=S(=O)(O)C(F)(F)C(F)(F)C(F)(F)C(F)(F)C(F)(F)C(F)(F)CF. The quantitative estimate of drug-likeness (QED) is 0.321. The third kappa shape index (κ3) is 4.32. The smallest absolute Gasteiger partial charge is 0.327 e. The van der Waals surface area contributed by atoms with Gasteiger partial charge in [0.05, 0.1) is 0 Å². The summed E-state index contributed by atoms with van der Waals surface area (Å²) in [6, 6.07) is 0. The van der Waals surface area contributed by atoms with Crippen LogP contribution in [0.15, 0.2) is 12.7 Å². The fourth-order valence-electron chi connectivity index (χ4n) is 1.05. The van der Waals surface area contributed by atoms with Crippen LogP contribution in [0.1, 0.15) is 0 Å². The van der Waals surface area contributed by atoms with Crippen molar-refractivity contribution in [2.24, 2.45) is 5.73 Å². The van der Waals surface area contributed by atoms with Crippen LogP contribution in [0.3, 0.4) is 0 Å². The van der Waals surface area contributed by atoms with Crippen molar-refractivity contribution in [1.29, 1.82) is 0 Å². The van der Waals surface area contributed by atoms with Crippen LogP contribution in [0.2, 0.25) is 0 Å². The Labute approximate surface area is 147 Å². The van der Waals surface area contributed by atoms with Crippen LogP contribution >= 0.6 is 0 Å². The maximum Gasteiger partial charge on any atom is 0.438 e. The number of halogens is 13. The highest BCUT2D eigenvalue weighted by Crippen LogP contribution is 2.60. The van der Waals surface area contributed by atoms with E-state index in [2.05, 4.69) is 6.58 Å². The second-order valence-corrected chi connectivity index (χ2v) is 6.11. The first-order chi connectivity index (χ1) is 12.0. The van der Waals surface area contributed by atoms with Gasteiger partial charge in [0.25, 0.3) is 0 Å². The van der Waals surface area contributed by atoms with Crippen LogP contribution in [-0.2, 0) is 10.1 Å². The third-order valence-corrected chi connectivity index (χ3v) is 3.57. The van der Waals surface area contributed by atoms with Gasteiger partial charge in [0.1, 0.15) is 0 Å². The van der Waals surface area contributed by atoms with Crippen molar-refractivity contribution in [3.63, 3.8) is 0 Å². The molecule has 0 aromatic rings. The van der Waals surface area contributed by atoms with Crippen LogP contribution in [-0.4, -0.2) is 61.1 Å². The van der Waals surface area contributed by atoms with Crippen LogP contribution in [0.25, 0.3) is 0 Å². The lowest BCUT2D eigenvalue weighted by Crippen LogP contribution is -2.71. The Bertz CT molecular complexity index is 647. The maximum atomic E-state index is 12.9. The topological polar surface area (TPSA) is 80.4 Å². The Hall–Kier alpha value is -1.30. The summed E-state index contributed by atoms with van der Waals surface area (Å²) in [5.41, 5.74) is 4.91. The molecule has 3 N–H and O–H groups in total. The summed E-state index contributed by atoms with van der Waals surface area (Å²) in [6.45, 7) is 0.152. The fraction of sp³-hybridized carbons (Fsp3) is 0.800. The van der Waals surface area contributed by atoms with E-state index >= 15 is 0 Å². The van der Waals surface area contributed by atoms with Gasteiger partial charge in [-0.1, -0.05) is 6.08 Å². The Morgan fingerprint density at radius 1 is 0.786 bits per heavy atom. The minimum atomic E-state index is -8.18. The van der Waals surface area contributed by atoms with Gasteiger partial charge in [-0.25, -0.2) is 4.39 Å². The zero-order valence-corrected chi connectivity index (χ0v) is 13.7. The van der Waals surface area contributed by atoms with Gasteiger partial charge in [-0.15, -0.1) is 6.58 Å². The minimum absolute atomic E-state index is 0.583. The van der Waals surface area contributed by atoms with Crippen molar-refractivity contribution in [3.05, 3.63) is 12.7 Å². The van der Waals surface area contributed by atoms with E-state index < -0.39 is 51.7 Å². The highest BCUT2D eigenvalue weighted by Gasteiger charge is 2.92. The third-order valence-electron chi connectivity index (χ3n) is 2.67. The molecule has 170 valence electrons. The number of rotatable bonds is 8. The second-order valence-electron chi connectivity index (χ2n) is 4.65. The Kier molecular flexibility index (Phi) is 8.48. The van der Waals surface area contributed by atoms with E-state index in [1.165, 1.54) is 0 Å². The Balaban J connectivity index is 0. The predicted molar refractivity (Wildman–Crippen MR) is 66.5 cm³/mol. The average Bonchev–Trinajstić information content (AvgIpc) is 2.52. The monoisotopic (exact) mass is 471 g/mol. The molecular weight excluding hydrogens is 461 g/mol. The molecule has 0 aliphatic carbocycles. The van der Waals surface area contributed by atoms with Crippen molar-refractivity contribution in [2.45, 2.75) is 34.9 Å². The summed E-state index contributed by atoms with van der Waals surface area (Å²) in [5.74, 6) is -38.6. The molecule has 0 heterocycles. The number of hydrogen-bond acceptors (Lipinski definition) is 3. The molecule has 0 aliphatic heterocycles. The van der Waals surface area contributed by atoms with E-state index in [0.29, 0.717) is 6.54 Å². The first-order valence-electron chi connectivity index (χ1n) is 6.08. The first kappa shape index (κ1) is 28.9. The molecule has 28 heavy (non-hydrogen) atoms. The molecule has 0 saturated carbocycles. The molecule has 18 heteroatoms. The molecular formula is C10H10F13NO3S. The van der Waals surface area contributed by atoms with Gasteiger partial charge in [0.15, 0.2) is 6.67 Å². The fourth-order valence-corrected chi connectivity index (χ4v) is 1.50. The lowest BCUT2D eigenvalue weighted by Gasteiger charge is -2.39. The minimum Gasteiger partial charge on any atom is -0.327 e. The molecule has 0 aromatic heterocycles. The molecule has 0 rings (SSSR count). The highest BCUT2D eigenvalue weighted by atomic mass is 32.2. The molecule has 0 atom stereocenters. The van der Waals surface area contributed by atoms with Gasteiger partial charge in [-0.3, -0.25) is 4.55 Å². The number of nitrogens with two attached hydrogens (primary N) is 1.